The van der Waals surface area contributed by atoms with E-state index in [-0.39, 0.29) is 18.2 Å². The first kappa shape index (κ1) is 19.4. The summed E-state index contributed by atoms with van der Waals surface area (Å²) in [5.41, 5.74) is 1.96. The fourth-order valence-corrected chi connectivity index (χ4v) is 4.99. The molecule has 2 aromatic heterocycles. The van der Waals surface area contributed by atoms with Crippen molar-refractivity contribution in [3.05, 3.63) is 78.2 Å². The first-order chi connectivity index (χ1) is 15.1. The molecule has 0 N–H and O–H groups in total. The standard InChI is InChI=1S/C22H20N4O4S/c1-2-21-23-24-22-11-9-18(14-25(21)22)31(27,28)26(13-16-6-4-3-5-7-16)17-8-10-19-20(12-17)30-15-29-19/h3-12,14H,2,13,15H2,1H3. The lowest BCUT2D eigenvalue weighted by atomic mass is 10.2. The highest BCUT2D eigenvalue weighted by atomic mass is 32.2. The summed E-state index contributed by atoms with van der Waals surface area (Å²) in [6, 6.07) is 17.8. The van der Waals surface area contributed by atoms with Gasteiger partial charge in [-0.15, -0.1) is 10.2 Å². The molecule has 5 rings (SSSR count). The van der Waals surface area contributed by atoms with Gasteiger partial charge in [-0.3, -0.25) is 8.71 Å². The topological polar surface area (TPSA) is 86.0 Å². The summed E-state index contributed by atoms with van der Waals surface area (Å²) in [6.07, 6.45) is 2.22. The molecule has 0 fully saturated rings. The lowest BCUT2D eigenvalue weighted by molar-refractivity contribution is 0.174. The molecule has 2 aromatic carbocycles. The molecule has 0 spiro atoms. The molecule has 0 unspecified atom stereocenters. The Morgan fingerprint density at radius 1 is 1.00 bits per heavy atom. The summed E-state index contributed by atoms with van der Waals surface area (Å²) in [7, 11) is -3.90. The van der Waals surface area contributed by atoms with Gasteiger partial charge in [-0.1, -0.05) is 37.3 Å². The molecule has 1 aliphatic rings. The average Bonchev–Trinajstić information content (AvgIpc) is 3.43. The minimum atomic E-state index is -3.90. The molecule has 3 heterocycles. The number of fused-ring (bicyclic) bond motifs is 2. The number of anilines is 1. The summed E-state index contributed by atoms with van der Waals surface area (Å²) in [6.45, 7) is 2.24. The minimum Gasteiger partial charge on any atom is -0.454 e. The van der Waals surface area contributed by atoms with Gasteiger partial charge in [-0.25, -0.2) is 8.42 Å². The maximum Gasteiger partial charge on any atom is 0.266 e. The van der Waals surface area contributed by atoms with Crippen molar-refractivity contribution in [1.29, 1.82) is 0 Å². The Morgan fingerprint density at radius 3 is 2.61 bits per heavy atom. The first-order valence-electron chi connectivity index (χ1n) is 9.86. The second-order valence-electron chi connectivity index (χ2n) is 7.10. The molecule has 0 bridgehead atoms. The summed E-state index contributed by atoms with van der Waals surface area (Å²) >= 11 is 0. The molecule has 4 aromatic rings. The Hall–Kier alpha value is -3.59. The van der Waals surface area contributed by atoms with E-state index >= 15 is 0 Å². The molecule has 0 radical (unpaired) electrons. The zero-order chi connectivity index (χ0) is 21.4. The van der Waals surface area contributed by atoms with E-state index in [0.717, 1.165) is 5.56 Å². The van der Waals surface area contributed by atoms with Crippen LogP contribution < -0.4 is 13.8 Å². The van der Waals surface area contributed by atoms with Crippen LogP contribution >= 0.6 is 0 Å². The van der Waals surface area contributed by atoms with Crippen LogP contribution in [0.1, 0.15) is 18.3 Å². The number of sulfonamides is 1. The van der Waals surface area contributed by atoms with Crippen LogP contribution in [0.5, 0.6) is 11.5 Å². The number of pyridine rings is 1. The van der Waals surface area contributed by atoms with Gasteiger partial charge < -0.3 is 9.47 Å². The second-order valence-corrected chi connectivity index (χ2v) is 8.96. The fraction of sp³-hybridized carbons (Fsp3) is 0.182. The highest BCUT2D eigenvalue weighted by Gasteiger charge is 2.28. The van der Waals surface area contributed by atoms with Crippen LogP contribution in [0.3, 0.4) is 0 Å². The van der Waals surface area contributed by atoms with E-state index in [4.69, 9.17) is 9.47 Å². The minimum absolute atomic E-state index is 0.119. The van der Waals surface area contributed by atoms with Gasteiger partial charge in [0.2, 0.25) is 6.79 Å². The number of aromatic nitrogens is 3. The molecule has 1 aliphatic heterocycles. The highest BCUT2D eigenvalue weighted by Crippen LogP contribution is 2.37. The lowest BCUT2D eigenvalue weighted by Crippen LogP contribution is -2.30. The Balaban J connectivity index is 1.62. The smallest absolute Gasteiger partial charge is 0.266 e. The third kappa shape index (κ3) is 3.46. The van der Waals surface area contributed by atoms with E-state index in [1.807, 2.05) is 37.3 Å². The van der Waals surface area contributed by atoms with E-state index < -0.39 is 10.0 Å². The van der Waals surface area contributed by atoms with Crippen LogP contribution in [0.2, 0.25) is 0 Å². The van der Waals surface area contributed by atoms with E-state index in [1.54, 1.807) is 40.9 Å². The van der Waals surface area contributed by atoms with Gasteiger partial charge in [0.05, 0.1) is 12.2 Å². The molecule has 0 aliphatic carbocycles. The summed E-state index contributed by atoms with van der Waals surface area (Å²) in [5, 5.41) is 8.22. The normalized spacial score (nSPS) is 12.9. The molecular weight excluding hydrogens is 416 g/mol. The van der Waals surface area contributed by atoms with Crippen molar-refractivity contribution >= 4 is 21.4 Å². The summed E-state index contributed by atoms with van der Waals surface area (Å²) < 4.78 is 41.5. The number of aryl methyl sites for hydroxylation is 1. The average molecular weight is 436 g/mol. The van der Waals surface area contributed by atoms with E-state index in [1.165, 1.54) is 4.31 Å². The maximum atomic E-state index is 13.8. The number of rotatable bonds is 6. The Morgan fingerprint density at radius 2 is 1.81 bits per heavy atom. The monoisotopic (exact) mass is 436 g/mol. The van der Waals surface area contributed by atoms with Crippen molar-refractivity contribution < 1.29 is 17.9 Å². The molecule has 31 heavy (non-hydrogen) atoms. The molecule has 0 saturated heterocycles. The Kier molecular flexibility index (Phi) is 4.74. The molecule has 0 saturated carbocycles. The third-order valence-electron chi connectivity index (χ3n) is 5.16. The Bertz CT molecular complexity index is 1350. The summed E-state index contributed by atoms with van der Waals surface area (Å²) in [4.78, 5) is 0.156. The highest BCUT2D eigenvalue weighted by molar-refractivity contribution is 7.92. The third-order valence-corrected chi connectivity index (χ3v) is 6.92. The van der Waals surface area contributed by atoms with Gasteiger partial charge in [0, 0.05) is 18.7 Å². The largest absolute Gasteiger partial charge is 0.454 e. The van der Waals surface area contributed by atoms with Crippen molar-refractivity contribution in [3.63, 3.8) is 0 Å². The predicted molar refractivity (Wildman–Crippen MR) is 115 cm³/mol. The zero-order valence-corrected chi connectivity index (χ0v) is 17.6. The Labute approximate surface area is 179 Å². The SMILES string of the molecule is CCc1nnc2ccc(S(=O)(=O)N(Cc3ccccc3)c3ccc4c(c3)OCO4)cn12. The number of hydrogen-bond acceptors (Lipinski definition) is 6. The van der Waals surface area contributed by atoms with Crippen molar-refractivity contribution in [2.45, 2.75) is 24.8 Å². The van der Waals surface area contributed by atoms with Gasteiger partial charge in [0.25, 0.3) is 10.0 Å². The molecule has 0 amide bonds. The van der Waals surface area contributed by atoms with Gasteiger partial charge in [0.1, 0.15) is 10.7 Å². The number of ether oxygens (including phenoxy) is 2. The van der Waals surface area contributed by atoms with E-state index in [0.29, 0.717) is 35.1 Å². The number of hydrogen-bond donors (Lipinski definition) is 0. The van der Waals surface area contributed by atoms with Crippen molar-refractivity contribution in [2.24, 2.45) is 0 Å². The van der Waals surface area contributed by atoms with E-state index in [9.17, 15) is 8.42 Å². The molecule has 0 atom stereocenters. The fourth-order valence-electron chi connectivity index (χ4n) is 3.54. The van der Waals surface area contributed by atoms with Crippen molar-refractivity contribution in [1.82, 2.24) is 14.6 Å². The first-order valence-corrected chi connectivity index (χ1v) is 11.3. The maximum absolute atomic E-state index is 13.8. The zero-order valence-electron chi connectivity index (χ0n) is 16.8. The van der Waals surface area contributed by atoms with Gasteiger partial charge >= 0.3 is 0 Å². The molecule has 158 valence electrons. The van der Waals surface area contributed by atoms with Gasteiger partial charge in [-0.05, 0) is 29.8 Å². The predicted octanol–water partition coefficient (Wildman–Crippen LogP) is 3.42. The van der Waals surface area contributed by atoms with Gasteiger partial charge in [0.15, 0.2) is 17.1 Å². The molecule has 9 heteroatoms. The van der Waals surface area contributed by atoms with Crippen LogP contribution in [0.25, 0.3) is 5.65 Å². The lowest BCUT2D eigenvalue weighted by Gasteiger charge is -2.25. The van der Waals surface area contributed by atoms with Gasteiger partial charge in [-0.2, -0.15) is 0 Å². The van der Waals surface area contributed by atoms with E-state index in [2.05, 4.69) is 10.2 Å². The van der Waals surface area contributed by atoms with Crippen LogP contribution in [0, 0.1) is 0 Å². The van der Waals surface area contributed by atoms with Crippen LogP contribution in [-0.2, 0) is 23.0 Å². The van der Waals surface area contributed by atoms with Crippen LogP contribution in [0.15, 0.2) is 71.8 Å². The van der Waals surface area contributed by atoms with Crippen LogP contribution in [-0.4, -0.2) is 29.8 Å². The quantitative estimate of drug-likeness (QED) is 0.460. The second kappa shape index (κ2) is 7.59. The number of benzene rings is 2. The summed E-state index contributed by atoms with van der Waals surface area (Å²) in [5.74, 6) is 1.82. The number of nitrogens with zero attached hydrogens (tertiary/aromatic N) is 4. The van der Waals surface area contributed by atoms with Crippen molar-refractivity contribution in [2.75, 3.05) is 11.1 Å². The van der Waals surface area contributed by atoms with Crippen molar-refractivity contribution in [3.8, 4) is 11.5 Å². The van der Waals surface area contributed by atoms with Crippen LogP contribution in [0.4, 0.5) is 5.69 Å². The molecular formula is C22H20N4O4S. The molecule has 8 nitrogen and oxygen atoms in total.